The third kappa shape index (κ3) is 7.29. The van der Waals surface area contributed by atoms with Crippen molar-refractivity contribution in [2.24, 2.45) is 11.8 Å². The molecule has 0 atom stereocenters. The van der Waals surface area contributed by atoms with Crippen molar-refractivity contribution in [1.29, 1.82) is 0 Å². The summed E-state index contributed by atoms with van der Waals surface area (Å²) in [5, 5.41) is 0.209. The Balaban J connectivity index is 5.60. The van der Waals surface area contributed by atoms with Crippen LogP contribution in [0.3, 0.4) is 0 Å². The van der Waals surface area contributed by atoms with Gasteiger partial charge in [0.05, 0.1) is 13.8 Å². The van der Waals surface area contributed by atoms with Gasteiger partial charge in [-0.05, 0) is 22.9 Å². The monoisotopic (exact) mass is 336 g/mol. The summed E-state index contributed by atoms with van der Waals surface area (Å²) in [6, 6.07) is 2.98. The average molecular weight is 337 g/mol. The molecule has 0 aliphatic carbocycles. The normalized spacial score (nSPS) is 14.2. The van der Waals surface area contributed by atoms with Gasteiger partial charge in [-0.1, -0.05) is 73.4 Å². The maximum absolute atomic E-state index is 11.3. The predicted octanol–water partition coefficient (Wildman–Crippen LogP) is 5.22. The van der Waals surface area contributed by atoms with E-state index >= 15 is 0 Å². The summed E-state index contributed by atoms with van der Waals surface area (Å²) in [5.41, 5.74) is 0. The summed E-state index contributed by atoms with van der Waals surface area (Å²) in [6.07, 6.45) is 2.27. The van der Waals surface area contributed by atoms with E-state index in [0.29, 0.717) is 17.9 Å². The minimum absolute atomic E-state index is 0.0637. The molecule has 5 heteroatoms. The van der Waals surface area contributed by atoms with E-state index in [4.69, 9.17) is 0 Å². The van der Waals surface area contributed by atoms with Crippen LogP contribution in [0.1, 0.15) is 61.3 Å². The van der Waals surface area contributed by atoms with Crippen LogP contribution in [0.2, 0.25) is 23.2 Å². The van der Waals surface area contributed by atoms with Gasteiger partial charge < -0.3 is 0 Å². The molecule has 0 radical (unpaired) electrons. The quantitative estimate of drug-likeness (QED) is 0.440. The Morgan fingerprint density at radius 3 is 1.76 bits per heavy atom. The maximum Gasteiger partial charge on any atom is 0.264 e. The summed E-state index contributed by atoms with van der Waals surface area (Å²) in [4.78, 5) is 0. The van der Waals surface area contributed by atoms with Crippen LogP contribution in [0.25, 0.3) is 0 Å². The lowest BCUT2D eigenvalue weighted by atomic mass is 10.1. The van der Waals surface area contributed by atoms with Crippen molar-refractivity contribution in [1.82, 2.24) is 0 Å². The summed E-state index contributed by atoms with van der Waals surface area (Å²) >= 11 is 0. The zero-order valence-electron chi connectivity index (χ0n) is 15.1. The van der Waals surface area contributed by atoms with Crippen LogP contribution in [-0.2, 0) is 10.1 Å². The fraction of sp³-hybridized carbons (Fsp3) is 1.00. The maximum atomic E-state index is 11.3. The van der Waals surface area contributed by atoms with Gasteiger partial charge in [0.15, 0.2) is 0 Å². The van der Waals surface area contributed by atoms with Crippen LogP contribution in [0.15, 0.2) is 0 Å². The van der Waals surface area contributed by atoms with Gasteiger partial charge in [-0.2, -0.15) is 8.42 Å². The van der Waals surface area contributed by atoms with Crippen LogP contribution in [0.4, 0.5) is 0 Å². The standard InChI is InChI=1S/C16H36O3SSi/c1-8-9-16(6,7)21(12-14(2)3,13-15(4)5)11-10-20(17,18)19/h14-15H,8-13H2,1-7H3,(H,17,18,19). The zero-order chi connectivity index (χ0) is 16.9. The largest absolute Gasteiger partial charge is 0.286 e. The Morgan fingerprint density at radius 1 is 1.05 bits per heavy atom. The van der Waals surface area contributed by atoms with Gasteiger partial charge in [0.25, 0.3) is 10.1 Å². The third-order valence-electron chi connectivity index (χ3n) is 4.75. The Hall–Kier alpha value is 0.127. The molecular formula is C16H36O3SSi. The molecule has 0 saturated carbocycles. The summed E-state index contributed by atoms with van der Waals surface area (Å²) in [6.45, 7) is 15.8. The molecule has 0 heterocycles. The molecule has 0 rings (SSSR count). The molecule has 0 aliphatic heterocycles. The molecule has 0 aliphatic rings. The van der Waals surface area contributed by atoms with E-state index in [-0.39, 0.29) is 10.8 Å². The van der Waals surface area contributed by atoms with E-state index in [9.17, 15) is 13.0 Å². The second-order valence-corrected chi connectivity index (χ2v) is 14.9. The van der Waals surface area contributed by atoms with Crippen LogP contribution >= 0.6 is 0 Å². The molecular weight excluding hydrogens is 300 g/mol. The van der Waals surface area contributed by atoms with Gasteiger partial charge in [0, 0.05) is 0 Å². The van der Waals surface area contributed by atoms with Crippen molar-refractivity contribution in [3.05, 3.63) is 0 Å². The van der Waals surface area contributed by atoms with Gasteiger partial charge in [-0.3, -0.25) is 4.55 Å². The SMILES string of the molecule is CCCC(C)(C)[Si](CCS(=O)(=O)O)(CC(C)C)CC(C)C. The minimum Gasteiger partial charge on any atom is -0.286 e. The van der Waals surface area contributed by atoms with E-state index in [1.807, 2.05) is 0 Å². The number of rotatable bonds is 10. The van der Waals surface area contributed by atoms with Crippen molar-refractivity contribution in [3.8, 4) is 0 Å². The molecule has 0 aromatic heterocycles. The molecule has 1 N–H and O–H groups in total. The highest BCUT2D eigenvalue weighted by Crippen LogP contribution is 2.51. The molecule has 0 aromatic carbocycles. The molecule has 0 bridgehead atoms. The van der Waals surface area contributed by atoms with E-state index in [1.54, 1.807) is 0 Å². The molecule has 128 valence electrons. The van der Waals surface area contributed by atoms with Gasteiger partial charge in [0.1, 0.15) is 0 Å². The first kappa shape index (κ1) is 21.1. The second-order valence-electron chi connectivity index (χ2n) is 8.15. The summed E-state index contributed by atoms with van der Waals surface area (Å²) in [7, 11) is -5.69. The first-order valence-electron chi connectivity index (χ1n) is 8.30. The lowest BCUT2D eigenvalue weighted by molar-refractivity contribution is 0.482. The molecule has 0 fully saturated rings. The number of hydrogen-bond acceptors (Lipinski definition) is 2. The molecule has 0 spiro atoms. The number of hydrogen-bond donors (Lipinski definition) is 1. The summed E-state index contributed by atoms with van der Waals surface area (Å²) in [5.74, 6) is 1.09. The molecule has 0 saturated heterocycles. The highest BCUT2D eigenvalue weighted by atomic mass is 32.2. The second kappa shape index (κ2) is 8.11. The van der Waals surface area contributed by atoms with Crippen LogP contribution in [0, 0.1) is 11.8 Å². The van der Waals surface area contributed by atoms with Crippen LogP contribution in [0.5, 0.6) is 0 Å². The average Bonchev–Trinajstić information content (AvgIpc) is 2.22. The van der Waals surface area contributed by atoms with Gasteiger partial charge in [-0.15, -0.1) is 0 Å². The molecule has 0 amide bonds. The Labute approximate surface area is 133 Å². The first-order valence-corrected chi connectivity index (χ1v) is 12.5. The third-order valence-corrected chi connectivity index (χ3v) is 13.4. The van der Waals surface area contributed by atoms with Crippen molar-refractivity contribution < 1.29 is 13.0 Å². The van der Waals surface area contributed by atoms with E-state index in [2.05, 4.69) is 48.5 Å². The van der Waals surface area contributed by atoms with Gasteiger partial charge in [0.2, 0.25) is 0 Å². The molecule has 21 heavy (non-hydrogen) atoms. The fourth-order valence-corrected chi connectivity index (χ4v) is 12.8. The Bertz CT molecular complexity index is 390. The van der Waals surface area contributed by atoms with E-state index in [0.717, 1.165) is 24.9 Å². The molecule has 0 aromatic rings. The minimum atomic E-state index is -3.87. The smallest absolute Gasteiger partial charge is 0.264 e. The van der Waals surface area contributed by atoms with Crippen molar-refractivity contribution in [3.63, 3.8) is 0 Å². The van der Waals surface area contributed by atoms with Crippen molar-refractivity contribution >= 4 is 18.2 Å². The highest BCUT2D eigenvalue weighted by Gasteiger charge is 2.46. The van der Waals surface area contributed by atoms with E-state index < -0.39 is 18.2 Å². The summed E-state index contributed by atoms with van der Waals surface area (Å²) < 4.78 is 31.9. The lowest BCUT2D eigenvalue weighted by Gasteiger charge is -2.48. The van der Waals surface area contributed by atoms with Crippen LogP contribution in [-0.4, -0.2) is 26.8 Å². The highest BCUT2D eigenvalue weighted by molar-refractivity contribution is 7.85. The zero-order valence-corrected chi connectivity index (χ0v) is 16.9. The fourth-order valence-electron chi connectivity index (χ4n) is 3.96. The van der Waals surface area contributed by atoms with E-state index in [1.165, 1.54) is 0 Å². The molecule has 0 unspecified atom stereocenters. The van der Waals surface area contributed by atoms with Crippen molar-refractivity contribution in [2.75, 3.05) is 5.75 Å². The lowest BCUT2D eigenvalue weighted by Crippen LogP contribution is -2.48. The topological polar surface area (TPSA) is 54.4 Å². The van der Waals surface area contributed by atoms with Crippen molar-refractivity contribution in [2.45, 2.75) is 84.5 Å². The van der Waals surface area contributed by atoms with Gasteiger partial charge >= 0.3 is 0 Å². The molecule has 3 nitrogen and oxygen atoms in total. The Morgan fingerprint density at radius 2 is 1.48 bits per heavy atom. The predicted molar refractivity (Wildman–Crippen MR) is 95.2 cm³/mol. The van der Waals surface area contributed by atoms with Crippen LogP contribution < -0.4 is 0 Å². The Kier molecular flexibility index (Phi) is 8.16. The first-order chi connectivity index (χ1) is 9.35. The van der Waals surface area contributed by atoms with Gasteiger partial charge in [-0.25, -0.2) is 0 Å².